The molecule has 0 atom stereocenters. The summed E-state index contributed by atoms with van der Waals surface area (Å²) in [6.07, 6.45) is -3.76. The van der Waals surface area contributed by atoms with Crippen molar-refractivity contribution in [2.75, 3.05) is 0 Å². The lowest BCUT2D eigenvalue weighted by Crippen LogP contribution is -2.18. The van der Waals surface area contributed by atoms with Crippen molar-refractivity contribution in [3.05, 3.63) is 23.8 Å². The van der Waals surface area contributed by atoms with Gasteiger partial charge in [-0.1, -0.05) is 0 Å². The summed E-state index contributed by atoms with van der Waals surface area (Å²) >= 11 is 0. The van der Waals surface area contributed by atoms with Crippen LogP contribution in [0.3, 0.4) is 0 Å². The van der Waals surface area contributed by atoms with Gasteiger partial charge in [-0.25, -0.2) is 9.97 Å². The standard InChI is InChI=1S/C6H4F3N3O/c7-6(8,9)3-1-2-11-5(12-3)4(10)13/h1-2H,(H2,10,13). The largest absolute Gasteiger partial charge is 0.433 e. The van der Waals surface area contributed by atoms with E-state index in [0.717, 1.165) is 6.20 Å². The van der Waals surface area contributed by atoms with Crippen molar-refractivity contribution in [3.8, 4) is 0 Å². The van der Waals surface area contributed by atoms with Crippen molar-refractivity contribution < 1.29 is 18.0 Å². The molecule has 0 unspecified atom stereocenters. The molecule has 0 aromatic carbocycles. The molecule has 1 aromatic rings. The fourth-order valence-corrected chi connectivity index (χ4v) is 0.635. The molecule has 4 nitrogen and oxygen atoms in total. The second-order valence-electron chi connectivity index (χ2n) is 2.13. The summed E-state index contributed by atoms with van der Waals surface area (Å²) in [6, 6.07) is 0.659. The van der Waals surface area contributed by atoms with Gasteiger partial charge < -0.3 is 5.73 Å². The molecule has 0 saturated carbocycles. The lowest BCUT2D eigenvalue weighted by Gasteiger charge is -2.04. The van der Waals surface area contributed by atoms with Crippen LogP contribution < -0.4 is 5.73 Å². The topological polar surface area (TPSA) is 68.9 Å². The van der Waals surface area contributed by atoms with Gasteiger partial charge in [-0.05, 0) is 6.07 Å². The number of halogens is 3. The van der Waals surface area contributed by atoms with Gasteiger partial charge in [-0.2, -0.15) is 13.2 Å². The summed E-state index contributed by atoms with van der Waals surface area (Å²) in [5, 5.41) is 0. The van der Waals surface area contributed by atoms with E-state index in [2.05, 4.69) is 9.97 Å². The minimum absolute atomic E-state index is 0.644. The van der Waals surface area contributed by atoms with Gasteiger partial charge in [-0.15, -0.1) is 0 Å². The van der Waals surface area contributed by atoms with E-state index in [-0.39, 0.29) is 0 Å². The summed E-state index contributed by atoms with van der Waals surface area (Å²) in [5.74, 6) is -1.74. The number of carbonyl (C=O) groups is 1. The second kappa shape index (κ2) is 3.00. The molecule has 7 heteroatoms. The SMILES string of the molecule is NC(=O)c1nccc(C(F)(F)F)n1. The number of rotatable bonds is 1. The monoisotopic (exact) mass is 191 g/mol. The molecular weight excluding hydrogens is 187 g/mol. The van der Waals surface area contributed by atoms with Gasteiger partial charge >= 0.3 is 6.18 Å². The normalized spacial score (nSPS) is 11.3. The van der Waals surface area contributed by atoms with E-state index in [1.165, 1.54) is 0 Å². The van der Waals surface area contributed by atoms with Crippen LogP contribution >= 0.6 is 0 Å². The molecular formula is C6H4F3N3O. The highest BCUT2D eigenvalue weighted by atomic mass is 19.4. The van der Waals surface area contributed by atoms with Gasteiger partial charge in [0.05, 0.1) is 0 Å². The van der Waals surface area contributed by atoms with Gasteiger partial charge in [0.1, 0.15) is 5.69 Å². The second-order valence-corrected chi connectivity index (χ2v) is 2.13. The number of hydrogen-bond acceptors (Lipinski definition) is 3. The first-order valence-electron chi connectivity index (χ1n) is 3.11. The summed E-state index contributed by atoms with van der Waals surface area (Å²) in [4.78, 5) is 16.6. The smallest absolute Gasteiger partial charge is 0.363 e. The Balaban J connectivity index is 3.13. The molecule has 1 rings (SSSR count). The third-order valence-electron chi connectivity index (χ3n) is 1.17. The highest BCUT2D eigenvalue weighted by Crippen LogP contribution is 2.26. The van der Waals surface area contributed by atoms with Crippen molar-refractivity contribution in [1.82, 2.24) is 9.97 Å². The van der Waals surface area contributed by atoms with Crippen LogP contribution in [0, 0.1) is 0 Å². The van der Waals surface area contributed by atoms with Crippen molar-refractivity contribution in [1.29, 1.82) is 0 Å². The van der Waals surface area contributed by atoms with Gasteiger partial charge in [0.2, 0.25) is 5.82 Å². The van der Waals surface area contributed by atoms with Gasteiger partial charge in [0, 0.05) is 6.20 Å². The van der Waals surface area contributed by atoms with E-state index in [1.807, 2.05) is 0 Å². The van der Waals surface area contributed by atoms with E-state index >= 15 is 0 Å². The third-order valence-corrected chi connectivity index (χ3v) is 1.17. The van der Waals surface area contributed by atoms with E-state index in [1.54, 1.807) is 0 Å². The zero-order valence-electron chi connectivity index (χ0n) is 6.17. The molecule has 70 valence electrons. The summed E-state index contributed by atoms with van der Waals surface area (Å²) < 4.78 is 36.0. The van der Waals surface area contributed by atoms with Crippen molar-refractivity contribution in [2.45, 2.75) is 6.18 Å². The van der Waals surface area contributed by atoms with Crippen LogP contribution in [0.1, 0.15) is 16.3 Å². The molecule has 0 fully saturated rings. The Hall–Kier alpha value is -1.66. The quantitative estimate of drug-likeness (QED) is 0.706. The van der Waals surface area contributed by atoms with Gasteiger partial charge in [-0.3, -0.25) is 4.79 Å². The zero-order chi connectivity index (χ0) is 10.1. The summed E-state index contributed by atoms with van der Waals surface area (Å²) in [7, 11) is 0. The van der Waals surface area contributed by atoms with E-state index in [4.69, 9.17) is 5.73 Å². The molecule has 0 aliphatic carbocycles. The summed E-state index contributed by atoms with van der Waals surface area (Å²) in [5.41, 5.74) is 3.51. The number of carbonyl (C=O) groups excluding carboxylic acids is 1. The molecule has 0 aliphatic rings. The number of amides is 1. The Morgan fingerprint density at radius 3 is 2.54 bits per heavy atom. The Labute approximate surface area is 70.6 Å². The Bertz CT molecular complexity index is 336. The number of aromatic nitrogens is 2. The lowest BCUT2D eigenvalue weighted by molar-refractivity contribution is -0.141. The fourth-order valence-electron chi connectivity index (χ4n) is 0.635. The number of hydrogen-bond donors (Lipinski definition) is 1. The molecule has 0 saturated heterocycles. The Kier molecular flexibility index (Phi) is 2.18. The van der Waals surface area contributed by atoms with Crippen LogP contribution in [0.5, 0.6) is 0 Å². The third kappa shape index (κ3) is 2.14. The maximum Gasteiger partial charge on any atom is 0.433 e. The van der Waals surface area contributed by atoms with Crippen LogP contribution in [-0.4, -0.2) is 15.9 Å². The van der Waals surface area contributed by atoms with Crippen LogP contribution in [0.15, 0.2) is 12.3 Å². The number of nitrogens with zero attached hydrogens (tertiary/aromatic N) is 2. The first kappa shape index (κ1) is 9.43. The highest BCUT2D eigenvalue weighted by molar-refractivity contribution is 5.88. The lowest BCUT2D eigenvalue weighted by atomic mass is 10.4. The molecule has 0 spiro atoms. The van der Waals surface area contributed by atoms with Crippen LogP contribution in [0.2, 0.25) is 0 Å². The Morgan fingerprint density at radius 2 is 2.08 bits per heavy atom. The molecule has 0 aliphatic heterocycles. The van der Waals surface area contributed by atoms with Crippen molar-refractivity contribution >= 4 is 5.91 Å². The Morgan fingerprint density at radius 1 is 1.46 bits per heavy atom. The molecule has 0 radical (unpaired) electrons. The number of alkyl halides is 3. The van der Waals surface area contributed by atoms with E-state index in [9.17, 15) is 18.0 Å². The predicted molar refractivity (Wildman–Crippen MR) is 35.6 cm³/mol. The molecule has 1 aromatic heterocycles. The number of nitrogens with two attached hydrogens (primary N) is 1. The first-order valence-corrected chi connectivity index (χ1v) is 3.11. The predicted octanol–water partition coefficient (Wildman–Crippen LogP) is 0.594. The van der Waals surface area contributed by atoms with Crippen molar-refractivity contribution in [3.63, 3.8) is 0 Å². The van der Waals surface area contributed by atoms with Gasteiger partial charge in [0.25, 0.3) is 5.91 Å². The maximum atomic E-state index is 12.0. The van der Waals surface area contributed by atoms with Crippen LogP contribution in [0.4, 0.5) is 13.2 Å². The number of primary amides is 1. The van der Waals surface area contributed by atoms with E-state index < -0.39 is 23.6 Å². The molecule has 13 heavy (non-hydrogen) atoms. The average Bonchev–Trinajstić information content (AvgIpc) is 2.03. The fraction of sp³-hybridized carbons (Fsp3) is 0.167. The van der Waals surface area contributed by atoms with Gasteiger partial charge in [0.15, 0.2) is 0 Å². The van der Waals surface area contributed by atoms with Crippen LogP contribution in [0.25, 0.3) is 0 Å². The molecule has 1 heterocycles. The minimum atomic E-state index is -4.59. The summed E-state index contributed by atoms with van der Waals surface area (Å²) in [6.45, 7) is 0. The first-order chi connectivity index (χ1) is 5.91. The zero-order valence-corrected chi connectivity index (χ0v) is 6.17. The molecule has 2 N–H and O–H groups in total. The van der Waals surface area contributed by atoms with E-state index in [0.29, 0.717) is 6.07 Å². The average molecular weight is 191 g/mol. The molecule has 1 amide bonds. The minimum Gasteiger partial charge on any atom is -0.363 e. The van der Waals surface area contributed by atoms with Crippen LogP contribution in [-0.2, 0) is 6.18 Å². The highest BCUT2D eigenvalue weighted by Gasteiger charge is 2.33. The van der Waals surface area contributed by atoms with Crippen molar-refractivity contribution in [2.24, 2.45) is 5.73 Å². The molecule has 0 bridgehead atoms. The maximum absolute atomic E-state index is 12.0.